The van der Waals surface area contributed by atoms with E-state index in [1.807, 2.05) is 12.1 Å². The molecule has 0 aliphatic rings. The molecule has 0 atom stereocenters. The number of methoxy groups -OCH3 is 1. The molecule has 0 bridgehead atoms. The van der Waals surface area contributed by atoms with Crippen LogP contribution in [0.15, 0.2) is 45.3 Å². The van der Waals surface area contributed by atoms with Crippen LogP contribution in [0.2, 0.25) is 0 Å². The molecule has 0 radical (unpaired) electrons. The Morgan fingerprint density at radius 1 is 1.11 bits per heavy atom. The monoisotopic (exact) mass is 383 g/mol. The minimum atomic E-state index is 0.783. The van der Waals surface area contributed by atoms with E-state index >= 15 is 0 Å². The van der Waals surface area contributed by atoms with Crippen LogP contribution in [0, 0.1) is 6.92 Å². The van der Waals surface area contributed by atoms with Gasteiger partial charge in [0.1, 0.15) is 5.75 Å². The second-order valence-electron chi connectivity index (χ2n) is 4.31. The van der Waals surface area contributed by atoms with Crippen LogP contribution in [-0.2, 0) is 6.54 Å². The van der Waals surface area contributed by atoms with Gasteiger partial charge in [0.25, 0.3) is 0 Å². The van der Waals surface area contributed by atoms with Crippen molar-refractivity contribution >= 4 is 37.5 Å². The van der Waals surface area contributed by atoms with Crippen LogP contribution in [0.4, 0.5) is 5.69 Å². The van der Waals surface area contributed by atoms with Crippen molar-refractivity contribution in [3.8, 4) is 5.75 Å². The SMILES string of the molecule is COc1cc(NCc2cccc(C)c2)c(Br)cc1Br. The molecule has 0 saturated heterocycles. The number of halogens is 2. The number of ether oxygens (including phenoxy) is 1. The smallest absolute Gasteiger partial charge is 0.135 e. The van der Waals surface area contributed by atoms with Gasteiger partial charge in [0.2, 0.25) is 0 Å². The standard InChI is InChI=1S/C15H15Br2NO/c1-10-4-3-5-11(6-10)9-18-14-8-15(19-2)13(17)7-12(14)16/h3-8,18H,9H2,1-2H3. The maximum atomic E-state index is 5.30. The van der Waals surface area contributed by atoms with Crippen LogP contribution in [0.5, 0.6) is 5.75 Å². The average Bonchev–Trinajstić information content (AvgIpc) is 2.38. The van der Waals surface area contributed by atoms with Gasteiger partial charge in [0.15, 0.2) is 0 Å². The Kier molecular flexibility index (Phi) is 4.88. The van der Waals surface area contributed by atoms with Gasteiger partial charge in [-0.25, -0.2) is 0 Å². The molecule has 100 valence electrons. The van der Waals surface area contributed by atoms with Crippen molar-refractivity contribution in [2.24, 2.45) is 0 Å². The highest BCUT2D eigenvalue weighted by molar-refractivity contribution is 9.11. The molecule has 0 unspecified atom stereocenters. The van der Waals surface area contributed by atoms with E-state index in [4.69, 9.17) is 4.74 Å². The van der Waals surface area contributed by atoms with Crippen molar-refractivity contribution in [2.45, 2.75) is 13.5 Å². The summed E-state index contributed by atoms with van der Waals surface area (Å²) in [5.41, 5.74) is 3.54. The Hall–Kier alpha value is -1.000. The van der Waals surface area contributed by atoms with Gasteiger partial charge in [-0.1, -0.05) is 29.8 Å². The Labute approximate surface area is 130 Å². The van der Waals surface area contributed by atoms with Gasteiger partial charge in [-0.15, -0.1) is 0 Å². The summed E-state index contributed by atoms with van der Waals surface area (Å²) in [6.45, 7) is 2.88. The van der Waals surface area contributed by atoms with E-state index in [0.29, 0.717) is 0 Å². The van der Waals surface area contributed by atoms with E-state index in [1.165, 1.54) is 11.1 Å². The molecule has 0 saturated carbocycles. The minimum absolute atomic E-state index is 0.783. The third-order valence-electron chi connectivity index (χ3n) is 2.81. The van der Waals surface area contributed by atoms with E-state index in [2.05, 4.69) is 68.4 Å². The molecule has 2 aromatic carbocycles. The third-order valence-corrected chi connectivity index (χ3v) is 4.08. The summed E-state index contributed by atoms with van der Waals surface area (Å²) in [6, 6.07) is 12.4. The zero-order chi connectivity index (χ0) is 13.8. The normalized spacial score (nSPS) is 10.3. The zero-order valence-corrected chi connectivity index (χ0v) is 14.0. The van der Waals surface area contributed by atoms with Crippen molar-refractivity contribution in [2.75, 3.05) is 12.4 Å². The first-order valence-corrected chi connectivity index (χ1v) is 7.51. The minimum Gasteiger partial charge on any atom is -0.495 e. The maximum Gasteiger partial charge on any atom is 0.135 e. The first-order valence-electron chi connectivity index (χ1n) is 5.92. The lowest BCUT2D eigenvalue weighted by Gasteiger charge is -2.12. The van der Waals surface area contributed by atoms with Crippen molar-refractivity contribution in [1.29, 1.82) is 0 Å². The molecule has 4 heteroatoms. The molecule has 0 amide bonds. The van der Waals surface area contributed by atoms with E-state index in [9.17, 15) is 0 Å². The Bertz CT molecular complexity index is 584. The van der Waals surface area contributed by atoms with Crippen molar-refractivity contribution in [1.82, 2.24) is 0 Å². The van der Waals surface area contributed by atoms with Gasteiger partial charge in [-0.05, 0) is 50.4 Å². The first kappa shape index (κ1) is 14.4. The van der Waals surface area contributed by atoms with Crippen LogP contribution < -0.4 is 10.1 Å². The van der Waals surface area contributed by atoms with E-state index in [1.54, 1.807) is 7.11 Å². The maximum absolute atomic E-state index is 5.30. The molecular formula is C15H15Br2NO. The summed E-state index contributed by atoms with van der Waals surface area (Å²) in [7, 11) is 1.67. The molecule has 2 aromatic rings. The predicted molar refractivity (Wildman–Crippen MR) is 86.9 cm³/mol. The number of nitrogens with one attached hydrogen (secondary N) is 1. The summed E-state index contributed by atoms with van der Waals surface area (Å²) in [4.78, 5) is 0. The van der Waals surface area contributed by atoms with E-state index in [-0.39, 0.29) is 0 Å². The fourth-order valence-corrected chi connectivity index (χ4v) is 3.14. The third kappa shape index (κ3) is 3.74. The number of hydrogen-bond acceptors (Lipinski definition) is 2. The van der Waals surface area contributed by atoms with Crippen LogP contribution in [0.25, 0.3) is 0 Å². The van der Waals surface area contributed by atoms with Gasteiger partial charge in [-0.2, -0.15) is 0 Å². The quantitative estimate of drug-likeness (QED) is 0.787. The number of anilines is 1. The molecule has 1 N–H and O–H groups in total. The number of aryl methyl sites for hydroxylation is 1. The lowest BCUT2D eigenvalue weighted by Crippen LogP contribution is -2.01. The highest BCUT2D eigenvalue weighted by Crippen LogP contribution is 2.34. The van der Waals surface area contributed by atoms with Crippen molar-refractivity contribution in [3.05, 3.63) is 56.5 Å². The van der Waals surface area contributed by atoms with Crippen molar-refractivity contribution in [3.63, 3.8) is 0 Å². The zero-order valence-electron chi connectivity index (χ0n) is 10.8. The lowest BCUT2D eigenvalue weighted by molar-refractivity contribution is 0.412. The molecule has 0 spiro atoms. The van der Waals surface area contributed by atoms with Gasteiger partial charge in [-0.3, -0.25) is 0 Å². The first-order chi connectivity index (χ1) is 9.10. The van der Waals surface area contributed by atoms with Gasteiger partial charge in [0, 0.05) is 17.1 Å². The van der Waals surface area contributed by atoms with Crippen LogP contribution in [0.1, 0.15) is 11.1 Å². The second kappa shape index (κ2) is 6.44. The highest BCUT2D eigenvalue weighted by Gasteiger charge is 2.06. The van der Waals surface area contributed by atoms with Gasteiger partial charge in [0.05, 0.1) is 17.3 Å². The lowest BCUT2D eigenvalue weighted by atomic mass is 10.1. The molecule has 0 aromatic heterocycles. The van der Waals surface area contributed by atoms with Crippen molar-refractivity contribution < 1.29 is 4.74 Å². The van der Waals surface area contributed by atoms with E-state index in [0.717, 1.165) is 26.9 Å². The molecule has 2 nitrogen and oxygen atoms in total. The summed E-state index contributed by atoms with van der Waals surface area (Å²) in [5.74, 6) is 0.815. The fourth-order valence-electron chi connectivity index (χ4n) is 1.84. The Balaban J connectivity index is 2.15. The predicted octanol–water partition coefficient (Wildman–Crippen LogP) is 5.14. The Morgan fingerprint density at radius 2 is 1.89 bits per heavy atom. The molecule has 0 aliphatic heterocycles. The largest absolute Gasteiger partial charge is 0.495 e. The summed E-state index contributed by atoms with van der Waals surface area (Å²) in [5, 5.41) is 3.41. The second-order valence-corrected chi connectivity index (χ2v) is 6.02. The molecule has 19 heavy (non-hydrogen) atoms. The number of benzene rings is 2. The summed E-state index contributed by atoms with van der Waals surface area (Å²) >= 11 is 7.01. The van der Waals surface area contributed by atoms with Crippen LogP contribution in [-0.4, -0.2) is 7.11 Å². The topological polar surface area (TPSA) is 21.3 Å². The number of hydrogen-bond donors (Lipinski definition) is 1. The number of rotatable bonds is 4. The summed E-state index contributed by atoms with van der Waals surface area (Å²) < 4.78 is 7.24. The summed E-state index contributed by atoms with van der Waals surface area (Å²) in [6.07, 6.45) is 0. The Morgan fingerprint density at radius 3 is 2.58 bits per heavy atom. The molecule has 0 aliphatic carbocycles. The highest BCUT2D eigenvalue weighted by atomic mass is 79.9. The average molecular weight is 385 g/mol. The molecular weight excluding hydrogens is 370 g/mol. The van der Waals surface area contributed by atoms with E-state index < -0.39 is 0 Å². The van der Waals surface area contributed by atoms with Crippen LogP contribution >= 0.6 is 31.9 Å². The fraction of sp³-hybridized carbons (Fsp3) is 0.200. The van der Waals surface area contributed by atoms with Gasteiger partial charge >= 0.3 is 0 Å². The molecule has 2 rings (SSSR count). The molecule has 0 heterocycles. The van der Waals surface area contributed by atoms with Gasteiger partial charge < -0.3 is 10.1 Å². The van der Waals surface area contributed by atoms with Crippen LogP contribution in [0.3, 0.4) is 0 Å². The molecule has 0 fully saturated rings.